The van der Waals surface area contributed by atoms with Crippen molar-refractivity contribution in [2.75, 3.05) is 6.54 Å². The van der Waals surface area contributed by atoms with Crippen LogP contribution in [-0.4, -0.2) is 6.54 Å². The van der Waals surface area contributed by atoms with Gasteiger partial charge in [0, 0.05) is 4.88 Å². The van der Waals surface area contributed by atoms with Gasteiger partial charge in [0.25, 0.3) is 0 Å². The highest BCUT2D eigenvalue weighted by Gasteiger charge is 2.17. The molecule has 1 aromatic heterocycles. The summed E-state index contributed by atoms with van der Waals surface area (Å²) in [7, 11) is 0. The van der Waals surface area contributed by atoms with Gasteiger partial charge in [-0.15, -0.1) is 11.3 Å². The van der Waals surface area contributed by atoms with Crippen LogP contribution in [0.4, 0.5) is 0 Å². The van der Waals surface area contributed by atoms with E-state index in [-0.39, 0.29) is 0 Å². The Labute approximate surface area is 71.2 Å². The van der Waals surface area contributed by atoms with Gasteiger partial charge in [-0.1, -0.05) is 0 Å². The number of rotatable bonds is 1. The molecule has 1 aromatic rings. The lowest BCUT2D eigenvalue weighted by atomic mass is 9.89. The van der Waals surface area contributed by atoms with Gasteiger partial charge < -0.3 is 5.73 Å². The molecule has 11 heavy (non-hydrogen) atoms. The Kier molecular flexibility index (Phi) is 1.96. The Bertz CT molecular complexity index is 241. The summed E-state index contributed by atoms with van der Waals surface area (Å²) >= 11 is 1.89. The molecule has 0 aromatic carbocycles. The molecule has 0 saturated heterocycles. The van der Waals surface area contributed by atoms with Gasteiger partial charge in [0.05, 0.1) is 0 Å². The number of hydrogen-bond acceptors (Lipinski definition) is 2. The average Bonchev–Trinajstić information content (AvgIpc) is 2.50. The van der Waals surface area contributed by atoms with Crippen LogP contribution in [0, 0.1) is 5.92 Å². The van der Waals surface area contributed by atoms with Crippen molar-refractivity contribution in [3.05, 3.63) is 21.9 Å². The van der Waals surface area contributed by atoms with Crippen LogP contribution in [0.2, 0.25) is 0 Å². The second-order valence-corrected chi connectivity index (χ2v) is 4.21. The van der Waals surface area contributed by atoms with Gasteiger partial charge in [-0.25, -0.2) is 0 Å². The Morgan fingerprint density at radius 3 is 3.36 bits per heavy atom. The number of thiophene rings is 1. The maximum absolute atomic E-state index is 5.63. The maximum atomic E-state index is 5.63. The molecule has 0 aliphatic heterocycles. The maximum Gasteiger partial charge on any atom is 0.00804 e. The first-order valence-corrected chi connectivity index (χ1v) is 5.03. The molecule has 0 radical (unpaired) electrons. The lowest BCUT2D eigenvalue weighted by Crippen LogP contribution is -2.20. The quantitative estimate of drug-likeness (QED) is 0.678. The fourth-order valence-corrected chi connectivity index (χ4v) is 2.74. The minimum Gasteiger partial charge on any atom is -0.330 e. The zero-order valence-corrected chi connectivity index (χ0v) is 7.36. The van der Waals surface area contributed by atoms with Crippen LogP contribution >= 0.6 is 11.3 Å². The van der Waals surface area contributed by atoms with E-state index < -0.39 is 0 Å². The van der Waals surface area contributed by atoms with E-state index in [1.54, 1.807) is 10.4 Å². The number of hydrogen-bond donors (Lipinski definition) is 1. The molecule has 0 bridgehead atoms. The van der Waals surface area contributed by atoms with E-state index in [0.29, 0.717) is 0 Å². The van der Waals surface area contributed by atoms with Crippen LogP contribution in [0.5, 0.6) is 0 Å². The van der Waals surface area contributed by atoms with Crippen LogP contribution in [0.15, 0.2) is 11.4 Å². The number of nitrogens with two attached hydrogens (primary N) is 1. The Morgan fingerprint density at radius 2 is 2.55 bits per heavy atom. The third-order valence-corrected chi connectivity index (χ3v) is 3.45. The number of aryl methyl sites for hydroxylation is 1. The predicted octanol–water partition coefficient (Wildman–Crippen LogP) is 1.81. The van der Waals surface area contributed by atoms with Crippen LogP contribution in [0.3, 0.4) is 0 Å². The van der Waals surface area contributed by atoms with Crippen LogP contribution in [-0.2, 0) is 12.8 Å². The van der Waals surface area contributed by atoms with Gasteiger partial charge in [-0.05, 0) is 48.7 Å². The zero-order valence-electron chi connectivity index (χ0n) is 6.55. The summed E-state index contributed by atoms with van der Waals surface area (Å²) in [6.45, 7) is 0.858. The lowest BCUT2D eigenvalue weighted by molar-refractivity contribution is 0.474. The largest absolute Gasteiger partial charge is 0.330 e. The predicted molar refractivity (Wildman–Crippen MR) is 48.9 cm³/mol. The summed E-state index contributed by atoms with van der Waals surface area (Å²) in [4.78, 5) is 1.58. The van der Waals surface area contributed by atoms with Crippen LogP contribution in [0.25, 0.3) is 0 Å². The standard InChI is InChI=1S/C9H13NS/c10-6-7-1-2-8-3-4-11-9(8)5-7/h3-4,7H,1-2,5-6,10H2. The second-order valence-electron chi connectivity index (χ2n) is 3.21. The normalized spacial score (nSPS) is 23.2. The van der Waals surface area contributed by atoms with Crippen LogP contribution < -0.4 is 5.73 Å². The Hall–Kier alpha value is -0.340. The van der Waals surface area contributed by atoms with E-state index in [4.69, 9.17) is 5.73 Å². The lowest BCUT2D eigenvalue weighted by Gasteiger charge is -2.19. The molecule has 2 N–H and O–H groups in total. The van der Waals surface area contributed by atoms with Crippen molar-refractivity contribution in [2.24, 2.45) is 11.7 Å². The van der Waals surface area contributed by atoms with Gasteiger partial charge in [-0.2, -0.15) is 0 Å². The summed E-state index contributed by atoms with van der Waals surface area (Å²) in [5.41, 5.74) is 7.20. The molecule has 0 spiro atoms. The molecule has 1 nitrogen and oxygen atoms in total. The SMILES string of the molecule is NCC1CCc2ccsc2C1. The molecule has 1 aliphatic carbocycles. The highest BCUT2D eigenvalue weighted by Crippen LogP contribution is 2.28. The first-order chi connectivity index (χ1) is 5.40. The number of fused-ring (bicyclic) bond motifs is 1. The molecule has 60 valence electrons. The average molecular weight is 167 g/mol. The molecular weight excluding hydrogens is 154 g/mol. The molecule has 0 fully saturated rings. The van der Waals surface area contributed by atoms with Crippen molar-refractivity contribution in [3.63, 3.8) is 0 Å². The summed E-state index contributed by atoms with van der Waals surface area (Å²) in [5, 5.41) is 2.20. The second kappa shape index (κ2) is 2.95. The molecule has 1 unspecified atom stereocenters. The van der Waals surface area contributed by atoms with Crippen LogP contribution in [0.1, 0.15) is 16.9 Å². The topological polar surface area (TPSA) is 26.0 Å². The smallest absolute Gasteiger partial charge is 0.00804 e. The molecule has 1 aliphatic rings. The highest BCUT2D eigenvalue weighted by atomic mass is 32.1. The van der Waals surface area contributed by atoms with Gasteiger partial charge in [-0.3, -0.25) is 0 Å². The molecule has 1 atom stereocenters. The summed E-state index contributed by atoms with van der Waals surface area (Å²) in [6, 6.07) is 2.26. The van der Waals surface area contributed by atoms with E-state index in [0.717, 1.165) is 12.5 Å². The van der Waals surface area contributed by atoms with Gasteiger partial charge in [0.2, 0.25) is 0 Å². The monoisotopic (exact) mass is 167 g/mol. The van der Waals surface area contributed by atoms with E-state index >= 15 is 0 Å². The summed E-state index contributed by atoms with van der Waals surface area (Å²) in [6.07, 6.45) is 3.77. The van der Waals surface area contributed by atoms with Crippen molar-refractivity contribution >= 4 is 11.3 Å². The Morgan fingerprint density at radius 1 is 1.64 bits per heavy atom. The first kappa shape index (κ1) is 7.32. The van der Waals surface area contributed by atoms with E-state index in [1.165, 1.54) is 19.3 Å². The fraction of sp³-hybridized carbons (Fsp3) is 0.556. The van der Waals surface area contributed by atoms with Crippen molar-refractivity contribution in [3.8, 4) is 0 Å². The summed E-state index contributed by atoms with van der Waals surface area (Å²) in [5.74, 6) is 0.751. The minimum absolute atomic E-state index is 0.751. The third-order valence-electron chi connectivity index (χ3n) is 2.47. The van der Waals surface area contributed by atoms with Crippen molar-refractivity contribution < 1.29 is 0 Å². The van der Waals surface area contributed by atoms with Gasteiger partial charge in [0.1, 0.15) is 0 Å². The molecule has 1 heterocycles. The fourth-order valence-electron chi connectivity index (χ4n) is 1.69. The molecular formula is C9H13NS. The molecule has 2 rings (SSSR count). The third kappa shape index (κ3) is 1.33. The van der Waals surface area contributed by atoms with Crippen molar-refractivity contribution in [1.29, 1.82) is 0 Å². The minimum atomic E-state index is 0.751. The van der Waals surface area contributed by atoms with E-state index in [9.17, 15) is 0 Å². The van der Waals surface area contributed by atoms with E-state index in [2.05, 4.69) is 11.4 Å². The molecule has 0 saturated carbocycles. The van der Waals surface area contributed by atoms with Gasteiger partial charge >= 0.3 is 0 Å². The Balaban J connectivity index is 2.18. The molecule has 0 amide bonds. The molecule has 2 heteroatoms. The summed E-state index contributed by atoms with van der Waals surface area (Å²) < 4.78 is 0. The van der Waals surface area contributed by atoms with Gasteiger partial charge in [0.15, 0.2) is 0 Å². The highest BCUT2D eigenvalue weighted by molar-refractivity contribution is 7.10. The van der Waals surface area contributed by atoms with Crippen molar-refractivity contribution in [2.45, 2.75) is 19.3 Å². The van der Waals surface area contributed by atoms with E-state index in [1.807, 2.05) is 11.3 Å². The first-order valence-electron chi connectivity index (χ1n) is 4.15. The van der Waals surface area contributed by atoms with Crippen molar-refractivity contribution in [1.82, 2.24) is 0 Å². The zero-order chi connectivity index (χ0) is 7.68.